The van der Waals surface area contributed by atoms with Crippen molar-refractivity contribution in [1.29, 1.82) is 0 Å². The average Bonchev–Trinajstić information content (AvgIpc) is 2.89. The third-order valence-corrected chi connectivity index (χ3v) is 3.74. The van der Waals surface area contributed by atoms with Crippen molar-refractivity contribution in [3.05, 3.63) is 69.9 Å². The number of rotatable bonds is 3. The van der Waals surface area contributed by atoms with Crippen LogP contribution in [-0.2, 0) is 4.79 Å². The van der Waals surface area contributed by atoms with Gasteiger partial charge in [0.05, 0.1) is 7.11 Å². The number of halogens is 1. The van der Waals surface area contributed by atoms with Crippen molar-refractivity contribution in [3.63, 3.8) is 0 Å². The number of hydrogen-bond donors (Lipinski definition) is 1. The first-order valence-corrected chi connectivity index (χ1v) is 7.47. The molecule has 0 bridgehead atoms. The molecule has 2 aromatic rings. The Morgan fingerprint density at radius 3 is 2.61 bits per heavy atom. The molecule has 1 aliphatic heterocycles. The normalized spacial score (nSPS) is 15.5. The van der Waals surface area contributed by atoms with Crippen LogP contribution in [-0.4, -0.2) is 18.9 Å². The van der Waals surface area contributed by atoms with Gasteiger partial charge in [-0.1, -0.05) is 23.2 Å². The van der Waals surface area contributed by atoms with Crippen molar-refractivity contribution >= 4 is 29.4 Å². The summed E-state index contributed by atoms with van der Waals surface area (Å²) < 4.78 is 5.33. The molecule has 1 N–H and O–H groups in total. The molecule has 116 valence electrons. The summed E-state index contributed by atoms with van der Waals surface area (Å²) in [6.07, 6.45) is 1.73. The lowest BCUT2D eigenvalue weighted by molar-refractivity contribution is -0.115. The van der Waals surface area contributed by atoms with Crippen LogP contribution in [0, 0.1) is 6.92 Å². The van der Waals surface area contributed by atoms with Gasteiger partial charge in [0.1, 0.15) is 17.3 Å². The van der Waals surface area contributed by atoms with E-state index in [0.717, 1.165) is 16.7 Å². The largest absolute Gasteiger partial charge is 0.496 e. The molecule has 0 aromatic heterocycles. The lowest BCUT2D eigenvalue weighted by Crippen LogP contribution is -2.24. The molecule has 1 amide bonds. The van der Waals surface area contributed by atoms with Crippen LogP contribution in [0.25, 0.3) is 6.08 Å². The zero-order valence-corrected chi connectivity index (χ0v) is 13.5. The molecule has 0 spiro atoms. The number of benzene rings is 2. The summed E-state index contributed by atoms with van der Waals surface area (Å²) in [7, 11) is 1.60. The van der Waals surface area contributed by atoms with Crippen molar-refractivity contribution in [1.82, 2.24) is 5.32 Å². The molecule has 0 atom stereocenters. The number of nitrogens with zero attached hydrogens (tertiary/aromatic N) is 1. The second-order valence-electron chi connectivity index (χ2n) is 5.20. The minimum Gasteiger partial charge on any atom is -0.496 e. The Bertz CT molecular complexity index is 823. The molecule has 0 saturated carbocycles. The van der Waals surface area contributed by atoms with Crippen molar-refractivity contribution in [2.24, 2.45) is 4.99 Å². The number of amidine groups is 1. The fraction of sp³-hybridized carbons (Fsp3) is 0.111. The van der Waals surface area contributed by atoms with Gasteiger partial charge in [-0.15, -0.1) is 0 Å². The lowest BCUT2D eigenvalue weighted by Gasteiger charge is -2.05. The maximum atomic E-state index is 12.2. The van der Waals surface area contributed by atoms with E-state index in [2.05, 4.69) is 10.3 Å². The quantitative estimate of drug-likeness (QED) is 0.877. The second kappa shape index (κ2) is 6.26. The minimum atomic E-state index is -0.237. The second-order valence-corrected chi connectivity index (χ2v) is 5.63. The van der Waals surface area contributed by atoms with E-state index in [1.807, 2.05) is 37.3 Å². The molecule has 0 radical (unpaired) electrons. The highest BCUT2D eigenvalue weighted by molar-refractivity contribution is 6.30. The summed E-state index contributed by atoms with van der Waals surface area (Å²) in [5, 5.41) is 3.41. The van der Waals surface area contributed by atoms with Crippen LogP contribution < -0.4 is 10.1 Å². The van der Waals surface area contributed by atoms with Crippen LogP contribution in [0.4, 0.5) is 0 Å². The monoisotopic (exact) mass is 326 g/mol. The summed E-state index contributed by atoms with van der Waals surface area (Å²) in [6.45, 7) is 1.98. The number of ether oxygens (including phenoxy) is 1. The van der Waals surface area contributed by atoms with E-state index >= 15 is 0 Å². The van der Waals surface area contributed by atoms with Gasteiger partial charge in [-0.25, -0.2) is 4.99 Å². The zero-order valence-electron chi connectivity index (χ0n) is 12.8. The smallest absolute Gasteiger partial charge is 0.275 e. The maximum Gasteiger partial charge on any atom is 0.275 e. The Labute approximate surface area is 139 Å². The summed E-state index contributed by atoms with van der Waals surface area (Å²) in [5.41, 5.74) is 3.05. The SMILES string of the molecule is COc1ccc(C)cc1/C=C1/N=C(c2ccc(Cl)cc2)NC1=O. The topological polar surface area (TPSA) is 50.7 Å². The van der Waals surface area contributed by atoms with Crippen molar-refractivity contribution in [2.75, 3.05) is 7.11 Å². The van der Waals surface area contributed by atoms with E-state index in [-0.39, 0.29) is 5.91 Å². The van der Waals surface area contributed by atoms with Gasteiger partial charge in [0, 0.05) is 16.1 Å². The molecule has 5 heteroatoms. The van der Waals surface area contributed by atoms with E-state index in [9.17, 15) is 4.79 Å². The van der Waals surface area contributed by atoms with Crippen molar-refractivity contribution < 1.29 is 9.53 Å². The first-order chi connectivity index (χ1) is 11.1. The maximum absolute atomic E-state index is 12.2. The fourth-order valence-corrected chi connectivity index (χ4v) is 2.45. The van der Waals surface area contributed by atoms with Gasteiger partial charge in [0.25, 0.3) is 5.91 Å². The number of aliphatic imine (C=N–C) groups is 1. The van der Waals surface area contributed by atoms with Crippen molar-refractivity contribution in [3.8, 4) is 5.75 Å². The number of carbonyl (C=O) groups is 1. The molecular formula is C18H15ClN2O2. The van der Waals surface area contributed by atoms with Crippen LogP contribution in [0.3, 0.4) is 0 Å². The van der Waals surface area contributed by atoms with Gasteiger partial charge in [-0.2, -0.15) is 0 Å². The van der Waals surface area contributed by atoms with E-state index in [1.165, 1.54) is 0 Å². The van der Waals surface area contributed by atoms with Gasteiger partial charge < -0.3 is 10.1 Å². The van der Waals surface area contributed by atoms with E-state index in [4.69, 9.17) is 16.3 Å². The Morgan fingerprint density at radius 1 is 1.17 bits per heavy atom. The van der Waals surface area contributed by atoms with Crippen LogP contribution in [0.5, 0.6) is 5.75 Å². The predicted molar refractivity (Wildman–Crippen MR) is 91.8 cm³/mol. The number of amides is 1. The molecule has 23 heavy (non-hydrogen) atoms. The van der Waals surface area contributed by atoms with Gasteiger partial charge in [0.15, 0.2) is 0 Å². The van der Waals surface area contributed by atoms with Gasteiger partial charge in [-0.3, -0.25) is 4.79 Å². The third kappa shape index (κ3) is 3.27. The van der Waals surface area contributed by atoms with E-state index < -0.39 is 0 Å². The molecule has 0 aliphatic carbocycles. The Balaban J connectivity index is 1.98. The number of nitrogens with one attached hydrogen (secondary N) is 1. The molecule has 3 rings (SSSR count). The molecule has 1 heterocycles. The van der Waals surface area contributed by atoms with Crippen LogP contribution in [0.1, 0.15) is 16.7 Å². The average molecular weight is 327 g/mol. The van der Waals surface area contributed by atoms with Crippen LogP contribution in [0.15, 0.2) is 53.2 Å². The van der Waals surface area contributed by atoms with E-state index in [1.54, 1.807) is 25.3 Å². The zero-order chi connectivity index (χ0) is 16.4. The van der Waals surface area contributed by atoms with Gasteiger partial charge in [-0.05, 0) is 49.4 Å². The molecule has 1 aliphatic rings. The fourth-order valence-electron chi connectivity index (χ4n) is 2.33. The first-order valence-electron chi connectivity index (χ1n) is 7.09. The number of carbonyl (C=O) groups excluding carboxylic acids is 1. The molecule has 2 aromatic carbocycles. The molecular weight excluding hydrogens is 312 g/mol. The summed E-state index contributed by atoms with van der Waals surface area (Å²) in [4.78, 5) is 16.5. The highest BCUT2D eigenvalue weighted by Gasteiger charge is 2.21. The Hall–Kier alpha value is -2.59. The number of methoxy groups -OCH3 is 1. The first kappa shape index (κ1) is 15.3. The standard InChI is InChI=1S/C18H15ClN2O2/c1-11-3-8-16(23-2)13(9-11)10-15-18(22)21-17(20-15)12-4-6-14(19)7-5-12/h3-10H,1-2H3,(H,20,21,22)/b15-10+. The summed E-state index contributed by atoms with van der Waals surface area (Å²) in [5.74, 6) is 0.981. The molecule has 0 saturated heterocycles. The van der Waals surface area contributed by atoms with Crippen molar-refractivity contribution in [2.45, 2.75) is 6.92 Å². The van der Waals surface area contributed by atoms with E-state index in [0.29, 0.717) is 22.3 Å². The predicted octanol–water partition coefficient (Wildman–Crippen LogP) is 3.57. The van der Waals surface area contributed by atoms with Crippen LogP contribution >= 0.6 is 11.6 Å². The Kier molecular flexibility index (Phi) is 4.17. The summed E-state index contributed by atoms with van der Waals surface area (Å²) in [6, 6.07) is 12.9. The number of aryl methyl sites for hydroxylation is 1. The highest BCUT2D eigenvalue weighted by Crippen LogP contribution is 2.24. The molecule has 4 nitrogen and oxygen atoms in total. The molecule has 0 fully saturated rings. The van der Waals surface area contributed by atoms with Crippen LogP contribution in [0.2, 0.25) is 5.02 Å². The van der Waals surface area contributed by atoms with Gasteiger partial charge in [0.2, 0.25) is 0 Å². The Morgan fingerprint density at radius 2 is 1.91 bits per heavy atom. The third-order valence-electron chi connectivity index (χ3n) is 3.49. The summed E-state index contributed by atoms with van der Waals surface area (Å²) >= 11 is 5.88. The number of hydrogen-bond acceptors (Lipinski definition) is 3. The lowest BCUT2D eigenvalue weighted by atomic mass is 10.1. The minimum absolute atomic E-state index is 0.237. The molecule has 0 unspecified atom stereocenters. The van der Waals surface area contributed by atoms with Gasteiger partial charge >= 0.3 is 0 Å². The highest BCUT2D eigenvalue weighted by atomic mass is 35.5.